The van der Waals surface area contributed by atoms with Gasteiger partial charge in [-0.3, -0.25) is 4.79 Å². The molecule has 0 aliphatic heterocycles. The van der Waals surface area contributed by atoms with Crippen LogP contribution < -0.4 is 0 Å². The zero-order valence-electron chi connectivity index (χ0n) is 9.53. The summed E-state index contributed by atoms with van der Waals surface area (Å²) in [7, 11) is 0. The molecule has 0 unspecified atom stereocenters. The normalized spacial score (nSPS) is 6.61. The molecule has 0 radical (unpaired) electrons. The molecule has 0 spiro atoms. The van der Waals surface area contributed by atoms with E-state index in [-0.39, 0.29) is 22.9 Å². The van der Waals surface area contributed by atoms with Crippen molar-refractivity contribution >= 4 is 11.9 Å². The quantitative estimate of drug-likeness (QED) is 0.355. The average Bonchev–Trinajstić information content (AvgIpc) is 2.44. The van der Waals surface area contributed by atoms with Crippen molar-refractivity contribution in [2.75, 3.05) is 0 Å². The fourth-order valence-corrected chi connectivity index (χ4v) is 0.778. The Morgan fingerprint density at radius 1 is 1.00 bits per heavy atom. The van der Waals surface area contributed by atoms with Crippen molar-refractivity contribution in [3.63, 3.8) is 0 Å². The van der Waals surface area contributed by atoms with Crippen LogP contribution in [-0.2, 0) is 35.8 Å². The summed E-state index contributed by atoms with van der Waals surface area (Å²) in [6.45, 7) is 15.0. The van der Waals surface area contributed by atoms with Gasteiger partial charge in [0.15, 0.2) is 5.78 Å². The number of hydrogen-bond donors (Lipinski definition) is 0. The first-order valence-electron chi connectivity index (χ1n) is 4.14. The van der Waals surface area contributed by atoms with Crippen LogP contribution in [0.25, 0.3) is 6.08 Å². The number of hydrogen-bond acceptors (Lipinski definition) is 1. The van der Waals surface area contributed by atoms with Crippen LogP contribution in [0.15, 0.2) is 36.4 Å². The summed E-state index contributed by atoms with van der Waals surface area (Å²) in [6, 6.07) is 9.75. The van der Waals surface area contributed by atoms with E-state index in [1.807, 2.05) is 36.4 Å². The van der Waals surface area contributed by atoms with Crippen LogP contribution in [0.5, 0.6) is 0 Å². The average molecular weight is 286 g/mol. The van der Waals surface area contributed by atoms with E-state index < -0.39 is 0 Å². The number of carbonyl (C=O) groups is 1. The molecule has 18 heavy (non-hydrogen) atoms. The Morgan fingerprint density at radius 3 is 1.72 bits per heavy atom. The van der Waals surface area contributed by atoms with Crippen LogP contribution in [0.1, 0.15) is 12.5 Å². The maximum Gasteiger partial charge on any atom is 0 e. The van der Waals surface area contributed by atoms with Gasteiger partial charge in [0.25, 0.3) is 0 Å². The summed E-state index contributed by atoms with van der Waals surface area (Å²) >= 11 is 0. The maximum atomic E-state index is 10.5. The van der Waals surface area contributed by atoms with Gasteiger partial charge in [-0.15, -0.1) is 0 Å². The predicted molar refractivity (Wildman–Crippen MR) is 57.9 cm³/mol. The molecule has 1 aromatic carbocycles. The van der Waals surface area contributed by atoms with Crippen molar-refractivity contribution in [3.05, 3.63) is 61.9 Å². The van der Waals surface area contributed by atoms with E-state index in [1.165, 1.54) is 0 Å². The molecule has 0 N–H and O–H groups in total. The van der Waals surface area contributed by atoms with Crippen molar-refractivity contribution in [2.24, 2.45) is 0 Å². The summed E-state index contributed by atoms with van der Waals surface area (Å²) < 4.78 is 22.5. The van der Waals surface area contributed by atoms with Gasteiger partial charge in [0, 0.05) is 17.1 Å². The molecule has 0 aromatic heterocycles. The first kappa shape index (κ1) is 25.3. The summed E-state index contributed by atoms with van der Waals surface area (Å²) in [5.74, 6) is 0.0776. The summed E-state index contributed by atoms with van der Waals surface area (Å²) in [6.07, 6.45) is 3.37. The minimum absolute atomic E-state index is 0. The molecule has 0 aliphatic carbocycles. The van der Waals surface area contributed by atoms with Gasteiger partial charge < -0.3 is 0 Å². The SMILES string of the molecule is CC(=O)/C=C/c1ccccc1.[C-]#[O+].[C-]#[O+].[C-]#[O+].[Fe]. The molecule has 0 bridgehead atoms. The standard InChI is InChI=1S/C10H10O.3CO.Fe/c1-9(11)7-8-10-5-3-2-4-6-10;3*1-2;/h2-8H,1H3;;;;/b8-7+;;;;. The van der Waals surface area contributed by atoms with Crippen LogP contribution in [0.4, 0.5) is 0 Å². The Kier molecular flexibility index (Phi) is 34.5. The topological polar surface area (TPSA) is 76.8 Å². The van der Waals surface area contributed by atoms with Gasteiger partial charge in [-0.25, -0.2) is 0 Å². The van der Waals surface area contributed by atoms with Crippen molar-refractivity contribution in [3.8, 4) is 0 Å². The number of benzene rings is 1. The van der Waals surface area contributed by atoms with E-state index in [0.717, 1.165) is 5.56 Å². The smallest absolute Gasteiger partial charge is 0 e. The predicted octanol–water partition coefficient (Wildman–Crippen LogP) is 2.17. The zero-order chi connectivity index (χ0) is 14.1. The van der Waals surface area contributed by atoms with Crippen LogP contribution in [-0.4, -0.2) is 5.78 Å². The first-order chi connectivity index (χ1) is 8.29. The van der Waals surface area contributed by atoms with Gasteiger partial charge in [0.05, 0.1) is 0 Å². The fourth-order valence-electron chi connectivity index (χ4n) is 0.778. The number of allylic oxidation sites excluding steroid dienone is 1. The second-order valence-corrected chi connectivity index (χ2v) is 2.35. The molecule has 1 aromatic rings. The second kappa shape index (κ2) is 24.6. The van der Waals surface area contributed by atoms with Gasteiger partial charge in [-0.05, 0) is 18.6 Å². The third-order valence-electron chi connectivity index (χ3n) is 1.31. The molecule has 0 atom stereocenters. The first-order valence-corrected chi connectivity index (χ1v) is 4.14. The molecule has 94 valence electrons. The summed E-state index contributed by atoms with van der Waals surface area (Å²) in [5.41, 5.74) is 1.06. The van der Waals surface area contributed by atoms with Gasteiger partial charge in [-0.2, -0.15) is 0 Å². The molecular weight excluding hydrogens is 276 g/mol. The van der Waals surface area contributed by atoms with E-state index in [2.05, 4.69) is 20.0 Å². The molecule has 0 saturated heterocycles. The van der Waals surface area contributed by atoms with Crippen LogP contribution in [0.2, 0.25) is 0 Å². The molecule has 0 aliphatic rings. The van der Waals surface area contributed by atoms with E-state index >= 15 is 0 Å². The molecule has 5 heteroatoms. The van der Waals surface area contributed by atoms with Gasteiger partial charge in [-0.1, -0.05) is 36.4 Å². The molecule has 1 rings (SSSR count). The Labute approximate surface area is 117 Å². The maximum absolute atomic E-state index is 10.5. The van der Waals surface area contributed by atoms with Crippen LogP contribution >= 0.6 is 0 Å². The molecule has 0 fully saturated rings. The third kappa shape index (κ3) is 19.9. The fraction of sp³-hybridized carbons (Fsp3) is 0.0769. The summed E-state index contributed by atoms with van der Waals surface area (Å²) in [5, 5.41) is 0. The molecule has 0 amide bonds. The summed E-state index contributed by atoms with van der Waals surface area (Å²) in [4.78, 5) is 10.5. The van der Waals surface area contributed by atoms with Gasteiger partial charge >= 0.3 is 33.9 Å². The minimum atomic E-state index is 0. The number of carbonyl (C=O) groups excluding carboxylic acids is 1. The number of rotatable bonds is 2. The third-order valence-corrected chi connectivity index (χ3v) is 1.31. The Hall–Kier alpha value is -1.63. The van der Waals surface area contributed by atoms with E-state index in [9.17, 15) is 4.79 Å². The molecule has 0 saturated carbocycles. The van der Waals surface area contributed by atoms with Crippen molar-refractivity contribution < 1.29 is 35.8 Å². The minimum Gasteiger partial charge on any atom is 0 e. The molecular formula is C13H10FeO4. The van der Waals surface area contributed by atoms with E-state index in [1.54, 1.807) is 13.0 Å². The Balaban J connectivity index is -0.000000123. The molecule has 4 nitrogen and oxygen atoms in total. The van der Waals surface area contributed by atoms with Crippen molar-refractivity contribution in [1.29, 1.82) is 0 Å². The van der Waals surface area contributed by atoms with Gasteiger partial charge in [0.1, 0.15) is 0 Å². The van der Waals surface area contributed by atoms with Crippen LogP contribution in [0.3, 0.4) is 0 Å². The Bertz CT molecular complexity index is 363. The van der Waals surface area contributed by atoms with Crippen LogP contribution in [0, 0.1) is 20.0 Å². The largest absolute Gasteiger partial charge is 0 e. The number of ketones is 1. The molecule has 0 heterocycles. The second-order valence-electron chi connectivity index (χ2n) is 2.35. The Morgan fingerprint density at radius 2 is 1.39 bits per heavy atom. The van der Waals surface area contributed by atoms with Crippen molar-refractivity contribution in [1.82, 2.24) is 0 Å². The van der Waals surface area contributed by atoms with E-state index in [4.69, 9.17) is 14.0 Å². The van der Waals surface area contributed by atoms with E-state index in [0.29, 0.717) is 0 Å². The van der Waals surface area contributed by atoms with Crippen molar-refractivity contribution in [2.45, 2.75) is 6.92 Å². The van der Waals surface area contributed by atoms with Gasteiger partial charge in [0.2, 0.25) is 0 Å². The monoisotopic (exact) mass is 286 g/mol. The zero-order valence-corrected chi connectivity index (χ0v) is 10.6.